The number of nitrogens with zero attached hydrogens (tertiary/aromatic N) is 1. The molecule has 164 valence electrons. The van der Waals surface area contributed by atoms with Gasteiger partial charge in [-0.3, -0.25) is 20.2 Å². The van der Waals surface area contributed by atoms with E-state index in [0.717, 1.165) is 11.6 Å². The molecule has 0 aliphatic carbocycles. The lowest BCUT2D eigenvalue weighted by Crippen LogP contribution is -2.44. The number of benzene rings is 2. The summed E-state index contributed by atoms with van der Waals surface area (Å²) in [5.74, 6) is -1.81. The molecule has 0 bridgehead atoms. The van der Waals surface area contributed by atoms with Crippen molar-refractivity contribution in [2.45, 2.75) is 26.4 Å². The number of imide groups is 1. The Balaban J connectivity index is 2.11. The lowest BCUT2D eigenvalue weighted by atomic mass is 10.1. The van der Waals surface area contributed by atoms with Gasteiger partial charge in [-0.15, -0.1) is 0 Å². The first-order chi connectivity index (χ1) is 14.7. The number of hydrogen-bond acceptors (Lipinski definition) is 7. The Morgan fingerprint density at radius 2 is 1.87 bits per heavy atom. The molecule has 2 rings (SSSR count). The van der Waals surface area contributed by atoms with Crippen molar-refractivity contribution in [2.24, 2.45) is 0 Å². The van der Waals surface area contributed by atoms with Gasteiger partial charge in [0.1, 0.15) is 0 Å². The van der Waals surface area contributed by atoms with E-state index in [9.17, 15) is 24.5 Å². The Hall–Kier alpha value is -3.66. The Morgan fingerprint density at radius 1 is 1.16 bits per heavy atom. The summed E-state index contributed by atoms with van der Waals surface area (Å²) >= 11 is 6.12. The molecule has 2 aromatic rings. The Kier molecular flexibility index (Phi) is 8.33. The zero-order valence-electron chi connectivity index (χ0n) is 16.8. The molecule has 0 aliphatic rings. The monoisotopic (exact) mass is 448 g/mol. The summed E-state index contributed by atoms with van der Waals surface area (Å²) in [5, 5.41) is 19.1. The Labute approximate surface area is 183 Å². The second kappa shape index (κ2) is 10.9. The van der Waals surface area contributed by atoms with Gasteiger partial charge < -0.3 is 15.4 Å². The smallest absolute Gasteiger partial charge is 0.341 e. The SMILES string of the molecule is CC(C)NC(=O)NC(=O)COC(=O)c1cc([N+](=O)[O-])ccc1NCc1ccccc1Cl. The summed E-state index contributed by atoms with van der Waals surface area (Å²) in [4.78, 5) is 46.2. The van der Waals surface area contributed by atoms with Gasteiger partial charge in [0.2, 0.25) is 0 Å². The van der Waals surface area contributed by atoms with Gasteiger partial charge in [0, 0.05) is 35.4 Å². The average Bonchev–Trinajstić information content (AvgIpc) is 2.70. The van der Waals surface area contributed by atoms with Crippen LogP contribution in [0.1, 0.15) is 29.8 Å². The normalized spacial score (nSPS) is 10.3. The van der Waals surface area contributed by atoms with E-state index in [1.165, 1.54) is 12.1 Å². The maximum atomic E-state index is 12.5. The van der Waals surface area contributed by atoms with Crippen LogP contribution in [-0.2, 0) is 16.1 Å². The molecule has 2 aromatic carbocycles. The number of anilines is 1. The van der Waals surface area contributed by atoms with E-state index in [1.54, 1.807) is 38.1 Å². The maximum absolute atomic E-state index is 12.5. The van der Waals surface area contributed by atoms with E-state index in [0.29, 0.717) is 5.02 Å². The molecular weight excluding hydrogens is 428 g/mol. The third kappa shape index (κ3) is 7.27. The van der Waals surface area contributed by atoms with Crippen LogP contribution in [0, 0.1) is 10.1 Å². The number of esters is 1. The van der Waals surface area contributed by atoms with Crippen molar-refractivity contribution in [3.8, 4) is 0 Å². The lowest BCUT2D eigenvalue weighted by Gasteiger charge is -2.13. The van der Waals surface area contributed by atoms with E-state index in [-0.39, 0.29) is 29.5 Å². The molecule has 0 saturated carbocycles. The van der Waals surface area contributed by atoms with Gasteiger partial charge >= 0.3 is 12.0 Å². The first kappa shape index (κ1) is 23.6. The van der Waals surface area contributed by atoms with Crippen LogP contribution in [0.25, 0.3) is 0 Å². The fourth-order valence-corrected chi connectivity index (χ4v) is 2.67. The van der Waals surface area contributed by atoms with Gasteiger partial charge in [0.15, 0.2) is 6.61 Å². The molecular formula is C20H21ClN4O6. The average molecular weight is 449 g/mol. The number of urea groups is 1. The highest BCUT2D eigenvalue weighted by molar-refractivity contribution is 6.31. The summed E-state index contributed by atoms with van der Waals surface area (Å²) in [6.07, 6.45) is 0. The number of nitro benzene ring substituents is 1. The number of carbonyl (C=O) groups excluding carboxylic acids is 3. The van der Waals surface area contributed by atoms with E-state index >= 15 is 0 Å². The summed E-state index contributed by atoms with van der Waals surface area (Å²) < 4.78 is 4.93. The van der Waals surface area contributed by atoms with Crippen molar-refractivity contribution >= 4 is 40.9 Å². The van der Waals surface area contributed by atoms with Gasteiger partial charge in [0.25, 0.3) is 11.6 Å². The Bertz CT molecular complexity index is 995. The van der Waals surface area contributed by atoms with Crippen LogP contribution in [0.3, 0.4) is 0 Å². The maximum Gasteiger partial charge on any atom is 0.341 e. The third-order valence-electron chi connectivity index (χ3n) is 3.87. The van der Waals surface area contributed by atoms with Crippen LogP contribution in [0.2, 0.25) is 5.02 Å². The van der Waals surface area contributed by atoms with E-state index in [4.69, 9.17) is 16.3 Å². The molecule has 0 radical (unpaired) electrons. The Morgan fingerprint density at radius 3 is 2.52 bits per heavy atom. The zero-order chi connectivity index (χ0) is 23.0. The molecule has 0 saturated heterocycles. The molecule has 0 atom stereocenters. The predicted octanol–water partition coefficient (Wildman–Crippen LogP) is 3.25. The fourth-order valence-electron chi connectivity index (χ4n) is 2.47. The highest BCUT2D eigenvalue weighted by Crippen LogP contribution is 2.25. The lowest BCUT2D eigenvalue weighted by molar-refractivity contribution is -0.384. The number of nitro groups is 1. The van der Waals surface area contributed by atoms with Crippen LogP contribution in [0.15, 0.2) is 42.5 Å². The number of rotatable bonds is 8. The second-order valence-electron chi connectivity index (χ2n) is 6.68. The molecule has 0 spiro atoms. The minimum atomic E-state index is -0.968. The van der Waals surface area contributed by atoms with Crippen molar-refractivity contribution in [3.05, 3.63) is 68.7 Å². The molecule has 10 nitrogen and oxygen atoms in total. The number of amides is 3. The van der Waals surface area contributed by atoms with Gasteiger partial charge in [-0.1, -0.05) is 29.8 Å². The quantitative estimate of drug-likeness (QED) is 0.320. The second-order valence-corrected chi connectivity index (χ2v) is 7.09. The molecule has 0 aromatic heterocycles. The van der Waals surface area contributed by atoms with Crippen LogP contribution < -0.4 is 16.0 Å². The number of hydrogen-bond donors (Lipinski definition) is 3. The summed E-state index contributed by atoms with van der Waals surface area (Å²) in [5.41, 5.74) is 0.544. The summed E-state index contributed by atoms with van der Waals surface area (Å²) in [6.45, 7) is 2.93. The molecule has 31 heavy (non-hydrogen) atoms. The number of non-ortho nitro benzene ring substituents is 1. The van der Waals surface area contributed by atoms with Crippen molar-refractivity contribution < 1.29 is 24.0 Å². The van der Waals surface area contributed by atoms with Crippen molar-refractivity contribution in [3.63, 3.8) is 0 Å². The van der Waals surface area contributed by atoms with Gasteiger partial charge in [-0.25, -0.2) is 9.59 Å². The number of halogens is 1. The standard InChI is InChI=1S/C20H21ClN4O6/c1-12(2)23-20(28)24-18(26)11-31-19(27)15-9-14(25(29)30)7-8-17(15)22-10-13-5-3-4-6-16(13)21/h3-9,12,22H,10-11H2,1-2H3,(H2,23,24,26,28). The van der Waals surface area contributed by atoms with Gasteiger partial charge in [-0.2, -0.15) is 0 Å². The van der Waals surface area contributed by atoms with Crippen molar-refractivity contribution in [1.29, 1.82) is 0 Å². The highest BCUT2D eigenvalue weighted by atomic mass is 35.5. The molecule has 3 N–H and O–H groups in total. The molecule has 0 heterocycles. The summed E-state index contributed by atoms with van der Waals surface area (Å²) in [6, 6.07) is 9.77. The molecule has 0 unspecified atom stereocenters. The minimum absolute atomic E-state index is 0.138. The number of carbonyl (C=O) groups is 3. The number of ether oxygens (including phenoxy) is 1. The van der Waals surface area contributed by atoms with Crippen LogP contribution in [-0.4, -0.2) is 35.5 Å². The van der Waals surface area contributed by atoms with E-state index < -0.39 is 29.4 Å². The van der Waals surface area contributed by atoms with E-state index in [1.807, 2.05) is 5.32 Å². The number of nitrogens with one attached hydrogen (secondary N) is 3. The van der Waals surface area contributed by atoms with Crippen molar-refractivity contribution in [1.82, 2.24) is 10.6 Å². The minimum Gasteiger partial charge on any atom is -0.452 e. The fraction of sp³-hybridized carbons (Fsp3) is 0.250. The van der Waals surface area contributed by atoms with E-state index in [2.05, 4.69) is 10.6 Å². The predicted molar refractivity (Wildman–Crippen MR) is 114 cm³/mol. The van der Waals surface area contributed by atoms with Gasteiger partial charge in [-0.05, 0) is 31.5 Å². The highest BCUT2D eigenvalue weighted by Gasteiger charge is 2.20. The van der Waals surface area contributed by atoms with Crippen LogP contribution in [0.5, 0.6) is 0 Å². The molecule has 0 aliphatic heterocycles. The molecule has 0 fully saturated rings. The van der Waals surface area contributed by atoms with Gasteiger partial charge in [0.05, 0.1) is 10.5 Å². The van der Waals surface area contributed by atoms with Crippen LogP contribution in [0.4, 0.5) is 16.2 Å². The first-order valence-electron chi connectivity index (χ1n) is 9.20. The zero-order valence-corrected chi connectivity index (χ0v) is 17.6. The third-order valence-corrected chi connectivity index (χ3v) is 4.24. The largest absolute Gasteiger partial charge is 0.452 e. The van der Waals surface area contributed by atoms with Crippen LogP contribution >= 0.6 is 11.6 Å². The topological polar surface area (TPSA) is 140 Å². The first-order valence-corrected chi connectivity index (χ1v) is 9.58. The van der Waals surface area contributed by atoms with Crippen molar-refractivity contribution in [2.75, 3.05) is 11.9 Å². The molecule has 11 heteroatoms. The summed E-state index contributed by atoms with van der Waals surface area (Å²) in [7, 11) is 0. The molecule has 3 amide bonds.